The van der Waals surface area contributed by atoms with Crippen molar-refractivity contribution in [2.24, 2.45) is 0 Å². The standard InChI is InChI=1S/C18H18O6/c1-20-11-6-15(21-2)12-8-13(19)18(24-16(12)7-11)10-3-4-14-17(5-10)23-9-22-14/h3-7,13,18-19H,8-9H2,1-2H3/t13-,18-/m1/s1. The van der Waals surface area contributed by atoms with Gasteiger partial charge in [0.1, 0.15) is 23.4 Å². The zero-order valence-corrected chi connectivity index (χ0v) is 13.4. The minimum atomic E-state index is -0.694. The van der Waals surface area contributed by atoms with Gasteiger partial charge >= 0.3 is 0 Å². The topological polar surface area (TPSA) is 66.4 Å². The van der Waals surface area contributed by atoms with Crippen LogP contribution in [-0.4, -0.2) is 32.2 Å². The fraction of sp³-hybridized carbons (Fsp3) is 0.333. The highest BCUT2D eigenvalue weighted by Gasteiger charge is 2.33. The van der Waals surface area contributed by atoms with Crippen molar-refractivity contribution < 1.29 is 28.8 Å². The molecule has 6 heteroatoms. The highest BCUT2D eigenvalue weighted by Crippen LogP contribution is 2.44. The largest absolute Gasteiger partial charge is 0.496 e. The Balaban J connectivity index is 1.71. The van der Waals surface area contributed by atoms with E-state index in [0.717, 1.165) is 11.1 Å². The summed E-state index contributed by atoms with van der Waals surface area (Å²) in [6, 6.07) is 9.15. The Hall–Kier alpha value is -2.60. The number of rotatable bonds is 3. The second kappa shape index (κ2) is 5.79. The van der Waals surface area contributed by atoms with Crippen molar-refractivity contribution in [1.29, 1.82) is 0 Å². The van der Waals surface area contributed by atoms with Gasteiger partial charge in [-0.05, 0) is 17.7 Å². The number of aliphatic hydroxyl groups is 1. The Morgan fingerprint density at radius 1 is 1.00 bits per heavy atom. The molecule has 0 unspecified atom stereocenters. The number of hydrogen-bond donors (Lipinski definition) is 1. The molecule has 0 aliphatic carbocycles. The third kappa shape index (κ3) is 2.39. The fourth-order valence-corrected chi connectivity index (χ4v) is 3.11. The first-order chi connectivity index (χ1) is 11.7. The van der Waals surface area contributed by atoms with Crippen LogP contribution < -0.4 is 23.7 Å². The van der Waals surface area contributed by atoms with E-state index in [2.05, 4.69) is 0 Å². The molecule has 0 saturated heterocycles. The van der Waals surface area contributed by atoms with Crippen molar-refractivity contribution in [3.05, 3.63) is 41.5 Å². The Morgan fingerprint density at radius 2 is 1.83 bits per heavy atom. The zero-order chi connectivity index (χ0) is 16.7. The van der Waals surface area contributed by atoms with Crippen LogP contribution >= 0.6 is 0 Å². The third-order valence-electron chi connectivity index (χ3n) is 4.34. The monoisotopic (exact) mass is 330 g/mol. The number of fused-ring (bicyclic) bond motifs is 2. The molecule has 2 atom stereocenters. The third-order valence-corrected chi connectivity index (χ3v) is 4.34. The van der Waals surface area contributed by atoms with E-state index in [4.69, 9.17) is 23.7 Å². The van der Waals surface area contributed by atoms with Crippen LogP contribution in [0.25, 0.3) is 0 Å². The molecule has 4 rings (SSSR count). The quantitative estimate of drug-likeness (QED) is 0.933. The van der Waals surface area contributed by atoms with Crippen LogP contribution in [0.4, 0.5) is 0 Å². The van der Waals surface area contributed by atoms with Gasteiger partial charge < -0.3 is 28.8 Å². The number of benzene rings is 2. The smallest absolute Gasteiger partial charge is 0.231 e. The molecular formula is C18H18O6. The maximum Gasteiger partial charge on any atom is 0.231 e. The molecule has 2 heterocycles. The lowest BCUT2D eigenvalue weighted by atomic mass is 9.94. The van der Waals surface area contributed by atoms with Crippen molar-refractivity contribution in [1.82, 2.24) is 0 Å². The molecule has 0 radical (unpaired) electrons. The van der Waals surface area contributed by atoms with E-state index in [-0.39, 0.29) is 6.79 Å². The Labute approximate surface area is 139 Å². The lowest BCUT2D eigenvalue weighted by Crippen LogP contribution is -2.30. The minimum absolute atomic E-state index is 0.212. The van der Waals surface area contributed by atoms with Crippen LogP contribution in [0, 0.1) is 0 Å². The maximum atomic E-state index is 10.6. The maximum absolute atomic E-state index is 10.6. The molecule has 2 aliphatic heterocycles. The molecule has 2 aromatic rings. The van der Waals surface area contributed by atoms with Gasteiger partial charge in [0.2, 0.25) is 6.79 Å². The molecule has 0 bridgehead atoms. The van der Waals surface area contributed by atoms with Crippen molar-refractivity contribution in [3.63, 3.8) is 0 Å². The molecule has 0 aromatic heterocycles. The van der Waals surface area contributed by atoms with Gasteiger partial charge in [0.05, 0.1) is 20.3 Å². The molecule has 0 saturated carbocycles. The number of ether oxygens (including phenoxy) is 5. The molecule has 0 fully saturated rings. The normalized spacial score (nSPS) is 21.0. The molecule has 0 amide bonds. The summed E-state index contributed by atoms with van der Waals surface area (Å²) < 4.78 is 27.5. The number of hydrogen-bond acceptors (Lipinski definition) is 6. The summed E-state index contributed by atoms with van der Waals surface area (Å²) in [5.41, 5.74) is 1.67. The van der Waals surface area contributed by atoms with E-state index in [1.165, 1.54) is 0 Å². The SMILES string of the molecule is COc1cc(OC)c2c(c1)O[C@H](c1ccc3c(c1)OCO3)[C@H](O)C2. The highest BCUT2D eigenvalue weighted by molar-refractivity contribution is 5.53. The van der Waals surface area contributed by atoms with Crippen molar-refractivity contribution in [3.8, 4) is 28.7 Å². The van der Waals surface area contributed by atoms with Gasteiger partial charge in [0, 0.05) is 24.1 Å². The van der Waals surface area contributed by atoms with Gasteiger partial charge in [-0.1, -0.05) is 6.07 Å². The number of methoxy groups -OCH3 is 2. The van der Waals surface area contributed by atoms with Crippen LogP contribution in [-0.2, 0) is 6.42 Å². The van der Waals surface area contributed by atoms with Crippen LogP contribution in [0.3, 0.4) is 0 Å². The van der Waals surface area contributed by atoms with E-state index < -0.39 is 12.2 Å². The molecule has 126 valence electrons. The van der Waals surface area contributed by atoms with E-state index in [1.54, 1.807) is 20.3 Å². The molecular weight excluding hydrogens is 312 g/mol. The van der Waals surface area contributed by atoms with Gasteiger partial charge in [-0.3, -0.25) is 0 Å². The summed E-state index contributed by atoms with van der Waals surface area (Å²) in [6.07, 6.45) is -0.759. The van der Waals surface area contributed by atoms with Crippen LogP contribution in [0.15, 0.2) is 30.3 Å². The molecule has 6 nitrogen and oxygen atoms in total. The summed E-state index contributed by atoms with van der Waals surface area (Å²) in [5.74, 6) is 3.31. The summed E-state index contributed by atoms with van der Waals surface area (Å²) in [5, 5.41) is 10.6. The lowest BCUT2D eigenvalue weighted by molar-refractivity contribution is 0.0197. The fourth-order valence-electron chi connectivity index (χ4n) is 3.11. The Bertz CT molecular complexity index is 772. The van der Waals surface area contributed by atoms with E-state index >= 15 is 0 Å². The first-order valence-corrected chi connectivity index (χ1v) is 7.68. The molecule has 24 heavy (non-hydrogen) atoms. The van der Waals surface area contributed by atoms with Gasteiger partial charge in [-0.15, -0.1) is 0 Å². The predicted octanol–water partition coefficient (Wildman–Crippen LogP) is 2.47. The summed E-state index contributed by atoms with van der Waals surface area (Å²) in [4.78, 5) is 0. The predicted molar refractivity (Wildman–Crippen MR) is 85.2 cm³/mol. The summed E-state index contributed by atoms with van der Waals surface area (Å²) >= 11 is 0. The van der Waals surface area contributed by atoms with Crippen molar-refractivity contribution in [2.75, 3.05) is 21.0 Å². The lowest BCUT2D eigenvalue weighted by Gasteiger charge is -2.32. The van der Waals surface area contributed by atoms with E-state index in [0.29, 0.717) is 35.2 Å². The van der Waals surface area contributed by atoms with Gasteiger partial charge in [-0.25, -0.2) is 0 Å². The van der Waals surface area contributed by atoms with Crippen LogP contribution in [0.5, 0.6) is 28.7 Å². The Morgan fingerprint density at radius 3 is 2.62 bits per heavy atom. The zero-order valence-electron chi connectivity index (χ0n) is 13.4. The van der Waals surface area contributed by atoms with Crippen molar-refractivity contribution in [2.45, 2.75) is 18.6 Å². The van der Waals surface area contributed by atoms with Gasteiger partial charge in [0.25, 0.3) is 0 Å². The molecule has 1 N–H and O–H groups in total. The summed E-state index contributed by atoms with van der Waals surface area (Å²) in [7, 11) is 3.18. The first kappa shape index (κ1) is 15.0. The minimum Gasteiger partial charge on any atom is -0.496 e. The average Bonchev–Trinajstić information content (AvgIpc) is 3.08. The van der Waals surface area contributed by atoms with E-state index in [9.17, 15) is 5.11 Å². The van der Waals surface area contributed by atoms with E-state index in [1.807, 2.05) is 24.3 Å². The number of aliphatic hydroxyl groups excluding tert-OH is 1. The molecule has 0 spiro atoms. The first-order valence-electron chi connectivity index (χ1n) is 7.68. The van der Waals surface area contributed by atoms with Gasteiger partial charge in [-0.2, -0.15) is 0 Å². The second-order valence-corrected chi connectivity index (χ2v) is 5.73. The molecule has 2 aromatic carbocycles. The molecule has 2 aliphatic rings. The average molecular weight is 330 g/mol. The van der Waals surface area contributed by atoms with Gasteiger partial charge in [0.15, 0.2) is 11.5 Å². The highest BCUT2D eigenvalue weighted by atomic mass is 16.7. The van der Waals surface area contributed by atoms with Crippen LogP contribution in [0.2, 0.25) is 0 Å². The summed E-state index contributed by atoms with van der Waals surface area (Å²) in [6.45, 7) is 0.212. The second-order valence-electron chi connectivity index (χ2n) is 5.73. The van der Waals surface area contributed by atoms with Crippen molar-refractivity contribution >= 4 is 0 Å². The van der Waals surface area contributed by atoms with Crippen LogP contribution in [0.1, 0.15) is 17.2 Å². The Kier molecular flexibility index (Phi) is 3.61.